The number of nitrogens with zero attached hydrogens (tertiary/aromatic N) is 4. The Labute approximate surface area is 162 Å². The van der Waals surface area contributed by atoms with Crippen LogP contribution in [0.15, 0.2) is 6.33 Å². The molecule has 2 heterocycles. The molecule has 7 nitrogen and oxygen atoms in total. The van der Waals surface area contributed by atoms with Crippen molar-refractivity contribution in [2.75, 3.05) is 18.9 Å². The predicted octanol–water partition coefficient (Wildman–Crippen LogP) is 4.22. The number of hydrogen-bond donors (Lipinski definition) is 1. The molecule has 138 valence electrons. The Bertz CT molecular complexity index is 670. The number of unbranched alkanes of at least 4 members (excludes halogenated alkanes) is 1. The third-order valence-electron chi connectivity index (χ3n) is 4.73. The van der Waals surface area contributed by atoms with Crippen LogP contribution in [0.1, 0.15) is 63.8 Å². The van der Waals surface area contributed by atoms with Gasteiger partial charge in [-0.25, -0.2) is 4.98 Å². The molecule has 2 aromatic rings. The molecule has 0 amide bonds. The third-order valence-corrected chi connectivity index (χ3v) is 5.17. The summed E-state index contributed by atoms with van der Waals surface area (Å²) in [5.41, 5.74) is 7.43. The quantitative estimate of drug-likeness (QED) is 0.493. The Morgan fingerprint density at radius 1 is 1.08 bits per heavy atom. The third kappa shape index (κ3) is 4.93. The first kappa shape index (κ1) is 18.6. The van der Waals surface area contributed by atoms with Crippen molar-refractivity contribution in [1.82, 2.24) is 19.5 Å². The molecular weight excluding hydrogens is 433 g/mol. The van der Waals surface area contributed by atoms with Gasteiger partial charge in [0.1, 0.15) is 23.0 Å². The van der Waals surface area contributed by atoms with Crippen molar-refractivity contribution in [2.24, 2.45) is 0 Å². The van der Waals surface area contributed by atoms with E-state index in [-0.39, 0.29) is 5.95 Å². The van der Waals surface area contributed by atoms with Crippen LogP contribution in [0.2, 0.25) is 0 Å². The maximum absolute atomic E-state index is 5.93. The van der Waals surface area contributed by atoms with E-state index in [4.69, 9.17) is 13.5 Å². The van der Waals surface area contributed by atoms with Crippen LogP contribution in [-0.2, 0) is 3.07 Å². The number of hydrogen-bond acceptors (Lipinski definition) is 6. The van der Waals surface area contributed by atoms with Crippen LogP contribution in [-0.4, -0.2) is 32.7 Å². The van der Waals surface area contributed by atoms with Gasteiger partial charge in [-0.1, -0.05) is 32.1 Å². The van der Waals surface area contributed by atoms with Gasteiger partial charge in [0, 0.05) is 6.04 Å². The highest BCUT2D eigenvalue weighted by Crippen LogP contribution is 2.31. The first-order valence-corrected chi connectivity index (χ1v) is 10.0. The van der Waals surface area contributed by atoms with Crippen molar-refractivity contribution in [3.05, 3.63) is 6.33 Å². The number of anilines is 1. The molecule has 25 heavy (non-hydrogen) atoms. The highest BCUT2D eigenvalue weighted by molar-refractivity contribution is 14.1. The number of fused-ring (bicyclic) bond motifs is 1. The molecule has 2 aromatic heterocycles. The van der Waals surface area contributed by atoms with Crippen molar-refractivity contribution in [1.29, 1.82) is 0 Å². The molecular formula is C17H26IN5O2. The Morgan fingerprint density at radius 2 is 1.80 bits per heavy atom. The topological polar surface area (TPSA) is 88.1 Å². The van der Waals surface area contributed by atoms with E-state index in [0.29, 0.717) is 24.0 Å². The molecule has 0 radical (unpaired) electrons. The molecule has 0 spiro atoms. The summed E-state index contributed by atoms with van der Waals surface area (Å²) in [7, 11) is 0. The van der Waals surface area contributed by atoms with Gasteiger partial charge in [-0.05, 0) is 25.7 Å². The molecule has 3 rings (SSSR count). The molecule has 0 bridgehead atoms. The molecule has 0 aliphatic heterocycles. The van der Waals surface area contributed by atoms with Crippen LogP contribution in [0.25, 0.3) is 11.2 Å². The van der Waals surface area contributed by atoms with Gasteiger partial charge >= 0.3 is 0 Å². The number of aromatic nitrogens is 4. The minimum absolute atomic E-state index is 0.241. The van der Waals surface area contributed by atoms with Gasteiger partial charge in [-0.3, -0.25) is 0 Å². The fourth-order valence-electron chi connectivity index (χ4n) is 3.41. The Balaban J connectivity index is 1.77. The number of ether oxygens (including phenoxy) is 1. The standard InChI is InChI=1S/C17H26IN5O2/c18-25-11-7-6-10-24-16-14-15(21-17(19)22-16)23(12-20-14)13-8-4-2-1-3-5-9-13/h12-13H,1-11H2,(H2,19,21,22). The van der Waals surface area contributed by atoms with Gasteiger partial charge in [0.05, 0.1) is 19.5 Å². The van der Waals surface area contributed by atoms with E-state index in [0.717, 1.165) is 25.1 Å². The number of halogens is 1. The smallest absolute Gasteiger partial charge is 0.247 e. The second-order valence-corrected chi connectivity index (χ2v) is 7.20. The highest BCUT2D eigenvalue weighted by Gasteiger charge is 2.19. The fraction of sp³-hybridized carbons (Fsp3) is 0.706. The molecule has 0 unspecified atom stereocenters. The Kier molecular flexibility index (Phi) is 7.09. The van der Waals surface area contributed by atoms with E-state index >= 15 is 0 Å². The SMILES string of the molecule is Nc1nc(OCCCCOI)c2ncn(C3CCCCCCC3)c2n1. The van der Waals surface area contributed by atoms with E-state index < -0.39 is 0 Å². The molecule has 0 saturated heterocycles. The summed E-state index contributed by atoms with van der Waals surface area (Å²) in [5.74, 6) is 0.730. The Hall–Kier alpha value is -1.16. The lowest BCUT2D eigenvalue weighted by atomic mass is 9.96. The molecule has 0 atom stereocenters. The maximum atomic E-state index is 5.93. The lowest BCUT2D eigenvalue weighted by Gasteiger charge is -2.21. The van der Waals surface area contributed by atoms with E-state index in [1.165, 1.54) is 44.9 Å². The van der Waals surface area contributed by atoms with Crippen LogP contribution >= 0.6 is 23.0 Å². The van der Waals surface area contributed by atoms with Crippen molar-refractivity contribution >= 4 is 40.1 Å². The summed E-state index contributed by atoms with van der Waals surface area (Å²) in [6.45, 7) is 1.30. The van der Waals surface area contributed by atoms with Crippen molar-refractivity contribution < 1.29 is 7.80 Å². The lowest BCUT2D eigenvalue weighted by molar-refractivity contribution is 0.285. The first-order chi connectivity index (χ1) is 12.3. The highest BCUT2D eigenvalue weighted by atomic mass is 127. The van der Waals surface area contributed by atoms with Crippen LogP contribution in [0.5, 0.6) is 5.88 Å². The zero-order valence-corrected chi connectivity index (χ0v) is 16.7. The second kappa shape index (κ2) is 9.51. The monoisotopic (exact) mass is 459 g/mol. The van der Waals surface area contributed by atoms with Gasteiger partial charge in [0.25, 0.3) is 0 Å². The molecule has 1 aliphatic rings. The first-order valence-electron chi connectivity index (χ1n) is 9.16. The largest absolute Gasteiger partial charge is 0.476 e. The average molecular weight is 459 g/mol. The summed E-state index contributed by atoms with van der Waals surface area (Å²) in [4.78, 5) is 13.2. The van der Waals surface area contributed by atoms with Crippen LogP contribution in [0, 0.1) is 0 Å². The van der Waals surface area contributed by atoms with Crippen LogP contribution in [0.3, 0.4) is 0 Å². The minimum atomic E-state index is 0.241. The van der Waals surface area contributed by atoms with Gasteiger partial charge in [0.15, 0.2) is 11.2 Å². The van der Waals surface area contributed by atoms with Gasteiger partial charge in [0.2, 0.25) is 11.8 Å². The minimum Gasteiger partial charge on any atom is -0.476 e. The van der Waals surface area contributed by atoms with Gasteiger partial charge in [-0.15, -0.1) is 0 Å². The lowest BCUT2D eigenvalue weighted by Crippen LogP contribution is -2.11. The van der Waals surface area contributed by atoms with E-state index in [1.807, 2.05) is 29.3 Å². The summed E-state index contributed by atoms with van der Waals surface area (Å²) in [6, 6.07) is 0.438. The van der Waals surface area contributed by atoms with E-state index in [9.17, 15) is 0 Å². The maximum Gasteiger partial charge on any atom is 0.247 e. The summed E-state index contributed by atoms with van der Waals surface area (Å²) >= 11 is 1.90. The number of rotatable bonds is 7. The van der Waals surface area contributed by atoms with E-state index in [2.05, 4.69) is 19.5 Å². The summed E-state index contributed by atoms with van der Waals surface area (Å²) in [6.07, 6.45) is 12.6. The van der Waals surface area contributed by atoms with Crippen LogP contribution < -0.4 is 10.5 Å². The number of nitrogens with two attached hydrogens (primary N) is 1. The number of imidazole rings is 1. The Morgan fingerprint density at radius 3 is 2.56 bits per heavy atom. The zero-order valence-electron chi connectivity index (χ0n) is 14.5. The van der Waals surface area contributed by atoms with Crippen molar-refractivity contribution in [3.63, 3.8) is 0 Å². The average Bonchev–Trinajstić information content (AvgIpc) is 2.98. The van der Waals surface area contributed by atoms with Crippen LogP contribution in [0.4, 0.5) is 5.95 Å². The van der Waals surface area contributed by atoms with Gasteiger partial charge < -0.3 is 18.1 Å². The zero-order chi connectivity index (χ0) is 17.5. The second-order valence-electron chi connectivity index (χ2n) is 6.58. The van der Waals surface area contributed by atoms with E-state index in [1.54, 1.807) is 0 Å². The van der Waals surface area contributed by atoms with Gasteiger partial charge in [-0.2, -0.15) is 9.97 Å². The molecule has 0 aromatic carbocycles. The molecule has 2 N–H and O–H groups in total. The molecule has 8 heteroatoms. The molecule has 1 aliphatic carbocycles. The fourth-order valence-corrected chi connectivity index (χ4v) is 3.73. The normalized spacial score (nSPS) is 16.7. The molecule has 1 saturated carbocycles. The predicted molar refractivity (Wildman–Crippen MR) is 106 cm³/mol. The van der Waals surface area contributed by atoms with Crippen molar-refractivity contribution in [3.8, 4) is 5.88 Å². The summed E-state index contributed by atoms with van der Waals surface area (Å²) < 4.78 is 13.0. The number of nitrogen functional groups attached to an aromatic ring is 1. The summed E-state index contributed by atoms with van der Waals surface area (Å²) in [5, 5.41) is 0. The van der Waals surface area contributed by atoms with Crippen molar-refractivity contribution in [2.45, 2.75) is 63.8 Å². The molecule has 1 fully saturated rings.